The number of anilines is 1. The Kier molecular flexibility index (Phi) is 9.86. The number of carbonyl (C=O) groups is 2. The molecule has 11 heteroatoms. The minimum Gasteiger partial charge on any atom is -0.342 e. The van der Waals surface area contributed by atoms with Crippen LogP contribution in [0.4, 0.5) is 5.69 Å². The third kappa shape index (κ3) is 7.03. The molecule has 192 valence electrons. The molecule has 7 nitrogen and oxygen atoms in total. The fourth-order valence-corrected chi connectivity index (χ4v) is 5.18. The van der Waals surface area contributed by atoms with Crippen molar-refractivity contribution < 1.29 is 9.59 Å². The van der Waals surface area contributed by atoms with Crippen LogP contribution in [-0.4, -0.2) is 32.3 Å². The van der Waals surface area contributed by atoms with E-state index in [1.54, 1.807) is 16.7 Å². The molecular formula is C25H28BrCl2N5O2S. The normalized spacial score (nSPS) is 12.2. The zero-order chi connectivity index (χ0) is 26.6. The maximum atomic E-state index is 12.9. The standard InChI is InChI=1S/C25H28BrCl2N5O2S/c1-13(2)18-10-15(26)6-9-20(18)29-21(34)12-36-25-32-31-23(33(25)5)22(14(3)4)30-24(35)17-8-7-16(27)11-19(17)28/h6-11,13-14,22H,12H2,1-5H3,(H,29,34)(H,30,35)/t22-/m1/s1. The van der Waals surface area contributed by atoms with Crippen LogP contribution < -0.4 is 10.6 Å². The van der Waals surface area contributed by atoms with Crippen molar-refractivity contribution in [3.63, 3.8) is 0 Å². The van der Waals surface area contributed by atoms with Gasteiger partial charge in [-0.3, -0.25) is 9.59 Å². The maximum absolute atomic E-state index is 12.9. The molecule has 0 aliphatic carbocycles. The van der Waals surface area contributed by atoms with Crippen LogP contribution in [0.15, 0.2) is 46.0 Å². The number of amides is 2. The number of hydrogen-bond acceptors (Lipinski definition) is 5. The lowest BCUT2D eigenvalue weighted by molar-refractivity contribution is -0.113. The number of halogens is 3. The molecule has 2 N–H and O–H groups in total. The molecule has 0 fully saturated rings. The third-order valence-electron chi connectivity index (χ3n) is 5.52. The second-order valence-electron chi connectivity index (χ2n) is 8.94. The molecular weight excluding hydrogens is 585 g/mol. The lowest BCUT2D eigenvalue weighted by atomic mass is 10.0. The Morgan fingerprint density at radius 1 is 1.08 bits per heavy atom. The maximum Gasteiger partial charge on any atom is 0.253 e. The highest BCUT2D eigenvalue weighted by Gasteiger charge is 2.26. The second kappa shape index (κ2) is 12.4. The predicted octanol–water partition coefficient (Wildman–Crippen LogP) is 6.87. The molecule has 1 heterocycles. The Hall–Kier alpha value is -2.07. The number of carbonyl (C=O) groups excluding carboxylic acids is 2. The van der Waals surface area contributed by atoms with Crippen molar-refractivity contribution in [1.82, 2.24) is 20.1 Å². The van der Waals surface area contributed by atoms with Gasteiger partial charge in [0.05, 0.1) is 22.4 Å². The van der Waals surface area contributed by atoms with E-state index in [9.17, 15) is 9.59 Å². The molecule has 3 aromatic rings. The summed E-state index contributed by atoms with van der Waals surface area (Å²) in [7, 11) is 1.82. The first-order chi connectivity index (χ1) is 17.0. The number of benzene rings is 2. The van der Waals surface area contributed by atoms with E-state index in [1.807, 2.05) is 39.1 Å². The molecule has 3 rings (SSSR count). The molecule has 0 bridgehead atoms. The van der Waals surface area contributed by atoms with Gasteiger partial charge in [0.15, 0.2) is 11.0 Å². The van der Waals surface area contributed by atoms with Crippen molar-refractivity contribution in [2.24, 2.45) is 13.0 Å². The van der Waals surface area contributed by atoms with Crippen LogP contribution >= 0.6 is 50.9 Å². The molecule has 0 aliphatic rings. The Morgan fingerprint density at radius 2 is 1.81 bits per heavy atom. The number of hydrogen-bond donors (Lipinski definition) is 2. The van der Waals surface area contributed by atoms with E-state index >= 15 is 0 Å². The van der Waals surface area contributed by atoms with E-state index in [2.05, 4.69) is 50.6 Å². The van der Waals surface area contributed by atoms with Crippen molar-refractivity contribution >= 4 is 68.4 Å². The average molecular weight is 613 g/mol. The SMILES string of the molecule is CC(C)c1cc(Br)ccc1NC(=O)CSc1nnc([C@H](NC(=O)c2ccc(Cl)cc2Cl)C(C)C)n1C. The number of aromatic nitrogens is 3. The highest BCUT2D eigenvalue weighted by Crippen LogP contribution is 2.29. The lowest BCUT2D eigenvalue weighted by Crippen LogP contribution is -2.33. The van der Waals surface area contributed by atoms with Gasteiger partial charge in [-0.1, -0.05) is 78.6 Å². The van der Waals surface area contributed by atoms with Crippen LogP contribution in [0.25, 0.3) is 0 Å². The van der Waals surface area contributed by atoms with Crippen molar-refractivity contribution in [2.45, 2.75) is 44.8 Å². The number of nitrogens with one attached hydrogen (secondary N) is 2. The molecule has 0 spiro atoms. The van der Waals surface area contributed by atoms with Gasteiger partial charge in [0.25, 0.3) is 5.91 Å². The monoisotopic (exact) mass is 611 g/mol. The van der Waals surface area contributed by atoms with Crippen molar-refractivity contribution in [3.05, 3.63) is 67.9 Å². The molecule has 1 atom stereocenters. The molecule has 0 aliphatic heterocycles. The molecule has 0 saturated heterocycles. The summed E-state index contributed by atoms with van der Waals surface area (Å²) in [6.45, 7) is 8.12. The summed E-state index contributed by atoms with van der Waals surface area (Å²) in [6.07, 6.45) is 0. The first kappa shape index (κ1) is 28.5. The second-order valence-corrected chi connectivity index (χ2v) is 11.6. The largest absolute Gasteiger partial charge is 0.342 e. The van der Waals surface area contributed by atoms with Gasteiger partial charge in [-0.05, 0) is 53.8 Å². The van der Waals surface area contributed by atoms with E-state index in [-0.39, 0.29) is 34.4 Å². The topological polar surface area (TPSA) is 88.9 Å². The predicted molar refractivity (Wildman–Crippen MR) is 150 cm³/mol. The summed E-state index contributed by atoms with van der Waals surface area (Å²) < 4.78 is 2.77. The average Bonchev–Trinajstić information content (AvgIpc) is 3.16. The molecule has 2 aromatic carbocycles. The van der Waals surface area contributed by atoms with Crippen molar-refractivity contribution in [3.8, 4) is 0 Å². The van der Waals surface area contributed by atoms with Crippen LogP contribution in [0, 0.1) is 5.92 Å². The Labute approximate surface area is 233 Å². The van der Waals surface area contributed by atoms with Crippen LogP contribution in [0.2, 0.25) is 10.0 Å². The molecule has 0 radical (unpaired) electrons. The summed E-state index contributed by atoms with van der Waals surface area (Å²) in [5.41, 5.74) is 2.18. The van der Waals surface area contributed by atoms with E-state index in [4.69, 9.17) is 23.2 Å². The summed E-state index contributed by atoms with van der Waals surface area (Å²) in [4.78, 5) is 25.6. The van der Waals surface area contributed by atoms with Gasteiger partial charge >= 0.3 is 0 Å². The first-order valence-corrected chi connectivity index (χ1v) is 13.9. The lowest BCUT2D eigenvalue weighted by Gasteiger charge is -2.22. The van der Waals surface area contributed by atoms with Gasteiger partial charge in [-0.25, -0.2) is 0 Å². The molecule has 0 unspecified atom stereocenters. The van der Waals surface area contributed by atoms with Crippen LogP contribution in [0.1, 0.15) is 61.4 Å². The van der Waals surface area contributed by atoms with Gasteiger partial charge in [-0.15, -0.1) is 10.2 Å². The van der Waals surface area contributed by atoms with E-state index in [0.29, 0.717) is 21.6 Å². The zero-order valence-corrected chi connectivity index (χ0v) is 24.5. The highest BCUT2D eigenvalue weighted by atomic mass is 79.9. The van der Waals surface area contributed by atoms with Crippen LogP contribution in [0.5, 0.6) is 0 Å². The van der Waals surface area contributed by atoms with Crippen LogP contribution in [-0.2, 0) is 11.8 Å². The number of thioether (sulfide) groups is 1. The minimum absolute atomic E-state index is 0.0240. The number of nitrogens with zero attached hydrogens (tertiary/aromatic N) is 3. The quantitative estimate of drug-likeness (QED) is 0.258. The summed E-state index contributed by atoms with van der Waals surface area (Å²) in [5, 5.41) is 15.9. The van der Waals surface area contributed by atoms with Gasteiger partial charge in [-0.2, -0.15) is 0 Å². The summed E-state index contributed by atoms with van der Waals surface area (Å²) >= 11 is 16.9. The smallest absolute Gasteiger partial charge is 0.253 e. The van der Waals surface area contributed by atoms with Gasteiger partial charge in [0, 0.05) is 22.2 Å². The van der Waals surface area contributed by atoms with Crippen LogP contribution in [0.3, 0.4) is 0 Å². The molecule has 0 saturated carbocycles. The minimum atomic E-state index is -0.415. The molecule has 1 aromatic heterocycles. The van der Waals surface area contributed by atoms with Crippen molar-refractivity contribution in [2.75, 3.05) is 11.1 Å². The number of rotatable bonds is 9. The van der Waals surface area contributed by atoms with Gasteiger partial charge in [0.1, 0.15) is 0 Å². The summed E-state index contributed by atoms with van der Waals surface area (Å²) in [5.74, 6) is 0.566. The fourth-order valence-electron chi connectivity index (χ4n) is 3.59. The van der Waals surface area contributed by atoms with E-state index in [1.165, 1.54) is 17.8 Å². The molecule has 36 heavy (non-hydrogen) atoms. The zero-order valence-electron chi connectivity index (χ0n) is 20.6. The van der Waals surface area contributed by atoms with Crippen molar-refractivity contribution in [1.29, 1.82) is 0 Å². The fraction of sp³-hybridized carbons (Fsp3) is 0.360. The van der Waals surface area contributed by atoms with Gasteiger partial charge < -0.3 is 15.2 Å². The first-order valence-electron chi connectivity index (χ1n) is 11.3. The summed E-state index contributed by atoms with van der Waals surface area (Å²) in [6, 6.07) is 10.1. The van der Waals surface area contributed by atoms with E-state index in [0.717, 1.165) is 15.7 Å². The Morgan fingerprint density at radius 3 is 2.44 bits per heavy atom. The van der Waals surface area contributed by atoms with E-state index < -0.39 is 6.04 Å². The van der Waals surface area contributed by atoms with Gasteiger partial charge in [0.2, 0.25) is 5.91 Å². The molecule has 2 amide bonds. The Balaban J connectivity index is 1.70. The third-order valence-corrected chi connectivity index (χ3v) is 7.58. The highest BCUT2D eigenvalue weighted by molar-refractivity contribution is 9.10. The Bertz CT molecular complexity index is 1270.